The maximum absolute atomic E-state index is 15.0. The van der Waals surface area contributed by atoms with Gasteiger partial charge in [-0.15, -0.1) is 0 Å². The number of hydrogen-bond acceptors (Lipinski definition) is 3. The van der Waals surface area contributed by atoms with Crippen LogP contribution < -0.4 is 9.80 Å². The van der Waals surface area contributed by atoms with Gasteiger partial charge in [0.25, 0.3) is 5.91 Å². The number of carbonyl (C=O) groups is 1. The maximum Gasteiger partial charge on any atom is 0.420 e. The molecular formula is C23H21F4N3OS. The van der Waals surface area contributed by atoms with E-state index in [2.05, 4.69) is 0 Å². The molecule has 1 amide bonds. The van der Waals surface area contributed by atoms with Crippen molar-refractivity contribution in [1.29, 1.82) is 5.26 Å². The molecule has 0 N–H and O–H groups in total. The number of amides is 1. The van der Waals surface area contributed by atoms with Crippen LogP contribution in [0.4, 0.5) is 28.9 Å². The highest BCUT2D eigenvalue weighted by molar-refractivity contribution is 7.81. The van der Waals surface area contributed by atoms with Gasteiger partial charge in [0.2, 0.25) is 0 Å². The van der Waals surface area contributed by atoms with Gasteiger partial charge in [0.05, 0.1) is 17.3 Å². The summed E-state index contributed by atoms with van der Waals surface area (Å²) in [5, 5.41) is 8.84. The normalized spacial score (nSPS) is 16.5. The molecule has 0 bridgehead atoms. The Kier molecular flexibility index (Phi) is 5.59. The van der Waals surface area contributed by atoms with Crippen molar-refractivity contribution in [2.45, 2.75) is 51.7 Å². The van der Waals surface area contributed by atoms with Crippen molar-refractivity contribution >= 4 is 34.6 Å². The molecule has 1 fully saturated rings. The van der Waals surface area contributed by atoms with Gasteiger partial charge in [0, 0.05) is 5.69 Å². The van der Waals surface area contributed by atoms with Gasteiger partial charge in [-0.2, -0.15) is 18.4 Å². The number of halogens is 4. The van der Waals surface area contributed by atoms with E-state index in [0.717, 1.165) is 22.6 Å². The largest absolute Gasteiger partial charge is 0.420 e. The van der Waals surface area contributed by atoms with Crippen molar-refractivity contribution in [3.05, 3.63) is 58.9 Å². The van der Waals surface area contributed by atoms with E-state index >= 15 is 4.39 Å². The quantitative estimate of drug-likeness (QED) is 0.409. The van der Waals surface area contributed by atoms with Crippen molar-refractivity contribution in [1.82, 2.24) is 0 Å². The van der Waals surface area contributed by atoms with Gasteiger partial charge in [-0.05, 0) is 61.3 Å². The zero-order chi connectivity index (χ0) is 24.2. The maximum atomic E-state index is 15.0. The first kappa shape index (κ1) is 23.7. The first-order valence-corrected chi connectivity index (χ1v) is 10.1. The summed E-state index contributed by atoms with van der Waals surface area (Å²) in [5.74, 6) is -2.40. The molecule has 0 saturated carbocycles. The monoisotopic (exact) mass is 463 g/mol. The second-order valence-corrected chi connectivity index (χ2v) is 9.41. The number of alkyl halides is 3. The van der Waals surface area contributed by atoms with Gasteiger partial charge in [-0.25, -0.2) is 4.39 Å². The van der Waals surface area contributed by atoms with Crippen molar-refractivity contribution in [2.24, 2.45) is 0 Å². The topological polar surface area (TPSA) is 47.3 Å². The summed E-state index contributed by atoms with van der Waals surface area (Å²) in [6.07, 6.45) is -5.12. The van der Waals surface area contributed by atoms with Crippen molar-refractivity contribution in [3.63, 3.8) is 0 Å². The summed E-state index contributed by atoms with van der Waals surface area (Å²) in [7, 11) is 0. The number of hydrogen-bond donors (Lipinski definition) is 0. The number of nitrogens with zero attached hydrogens (tertiary/aromatic N) is 3. The van der Waals surface area contributed by atoms with Gasteiger partial charge in [-0.3, -0.25) is 9.69 Å². The molecule has 0 radical (unpaired) electrons. The Balaban J connectivity index is 2.13. The molecule has 1 heterocycles. The molecule has 9 heteroatoms. The molecule has 2 aromatic carbocycles. The third-order valence-electron chi connectivity index (χ3n) is 5.43. The van der Waals surface area contributed by atoms with Gasteiger partial charge in [0.15, 0.2) is 10.9 Å². The molecule has 2 aromatic rings. The summed E-state index contributed by atoms with van der Waals surface area (Å²) in [5.41, 5.74) is -3.04. The molecule has 0 unspecified atom stereocenters. The fourth-order valence-corrected chi connectivity index (χ4v) is 4.17. The SMILES string of the molecule is CC(C)(C)c1ccc(N2C(=S)N(c3ccc(C#N)c(C(F)(F)F)c3F)C(=O)C2(C)C)cc1. The van der Waals surface area contributed by atoms with E-state index in [1.165, 1.54) is 11.0 Å². The van der Waals surface area contributed by atoms with Crippen LogP contribution in [-0.4, -0.2) is 16.6 Å². The van der Waals surface area contributed by atoms with Gasteiger partial charge >= 0.3 is 6.18 Å². The predicted molar refractivity (Wildman–Crippen MR) is 118 cm³/mol. The van der Waals surface area contributed by atoms with E-state index in [1.807, 2.05) is 32.9 Å². The fraction of sp³-hybridized carbons (Fsp3) is 0.348. The first-order valence-electron chi connectivity index (χ1n) is 9.71. The summed E-state index contributed by atoms with van der Waals surface area (Å²) in [4.78, 5) is 15.5. The number of nitriles is 1. The van der Waals surface area contributed by atoms with Gasteiger partial charge in [0.1, 0.15) is 11.1 Å². The van der Waals surface area contributed by atoms with E-state index in [-0.39, 0.29) is 10.5 Å². The highest BCUT2D eigenvalue weighted by atomic mass is 32.1. The molecule has 0 atom stereocenters. The van der Waals surface area contributed by atoms with Crippen LogP contribution in [0.1, 0.15) is 51.3 Å². The molecule has 1 saturated heterocycles. The van der Waals surface area contributed by atoms with Crippen LogP contribution in [0, 0.1) is 17.1 Å². The Bertz CT molecular complexity index is 1140. The van der Waals surface area contributed by atoms with Crippen molar-refractivity contribution in [2.75, 3.05) is 9.80 Å². The van der Waals surface area contributed by atoms with Crippen molar-refractivity contribution < 1.29 is 22.4 Å². The smallest absolute Gasteiger partial charge is 0.304 e. The van der Waals surface area contributed by atoms with Gasteiger partial charge < -0.3 is 4.90 Å². The van der Waals surface area contributed by atoms with Crippen LogP contribution in [-0.2, 0) is 16.4 Å². The Labute approximate surface area is 189 Å². The lowest BCUT2D eigenvalue weighted by atomic mass is 9.87. The Morgan fingerprint density at radius 2 is 1.59 bits per heavy atom. The molecule has 0 aromatic heterocycles. The minimum atomic E-state index is -5.12. The standard InChI is InChI=1S/C23H21F4N3OS/c1-21(2,3)14-7-9-15(10-8-14)30-20(32)29(19(31)22(30,4)5)16-11-6-13(12-28)17(18(16)24)23(25,26)27/h6-11H,1-5H3. The van der Waals surface area contributed by atoms with Crippen LogP contribution in [0.3, 0.4) is 0 Å². The number of thiocarbonyl (C=S) groups is 1. The third-order valence-corrected chi connectivity index (χ3v) is 5.79. The average molecular weight is 464 g/mol. The Morgan fingerprint density at radius 3 is 2.06 bits per heavy atom. The lowest BCUT2D eigenvalue weighted by Crippen LogP contribution is -2.44. The zero-order valence-electron chi connectivity index (χ0n) is 18.1. The molecule has 168 valence electrons. The van der Waals surface area contributed by atoms with Crippen LogP contribution in [0.2, 0.25) is 0 Å². The lowest BCUT2D eigenvalue weighted by Gasteiger charge is -2.30. The average Bonchev–Trinajstić information content (AvgIpc) is 2.84. The number of carbonyl (C=O) groups excluding carboxylic acids is 1. The molecular weight excluding hydrogens is 442 g/mol. The summed E-state index contributed by atoms with van der Waals surface area (Å²) < 4.78 is 55.4. The van der Waals surface area contributed by atoms with E-state index in [9.17, 15) is 18.0 Å². The number of rotatable bonds is 2. The van der Waals surface area contributed by atoms with E-state index in [4.69, 9.17) is 17.5 Å². The minimum Gasteiger partial charge on any atom is -0.304 e. The molecule has 0 aliphatic carbocycles. The van der Waals surface area contributed by atoms with Crippen molar-refractivity contribution in [3.8, 4) is 6.07 Å². The molecule has 1 aliphatic heterocycles. The van der Waals surface area contributed by atoms with Crippen LogP contribution in [0.5, 0.6) is 0 Å². The van der Waals surface area contributed by atoms with E-state index in [0.29, 0.717) is 5.69 Å². The van der Waals surface area contributed by atoms with Crippen LogP contribution >= 0.6 is 12.2 Å². The lowest BCUT2D eigenvalue weighted by molar-refractivity contribution is -0.140. The molecule has 3 rings (SSSR count). The number of benzene rings is 2. The van der Waals surface area contributed by atoms with Crippen LogP contribution in [0.25, 0.3) is 0 Å². The summed E-state index contributed by atoms with van der Waals surface area (Å²) in [6, 6.07) is 10.4. The molecule has 4 nitrogen and oxygen atoms in total. The molecule has 32 heavy (non-hydrogen) atoms. The summed E-state index contributed by atoms with van der Waals surface area (Å²) >= 11 is 5.43. The van der Waals surface area contributed by atoms with E-state index < -0.39 is 40.3 Å². The third kappa shape index (κ3) is 3.73. The second kappa shape index (κ2) is 7.55. The fourth-order valence-electron chi connectivity index (χ4n) is 3.66. The highest BCUT2D eigenvalue weighted by Gasteiger charge is 2.52. The Hall–Kier alpha value is -2.99. The van der Waals surface area contributed by atoms with Gasteiger partial charge in [-0.1, -0.05) is 32.9 Å². The predicted octanol–water partition coefficient (Wildman–Crippen LogP) is 5.93. The minimum absolute atomic E-state index is 0.110. The first-order chi connectivity index (χ1) is 14.6. The van der Waals surface area contributed by atoms with E-state index in [1.54, 1.807) is 26.0 Å². The second-order valence-electron chi connectivity index (χ2n) is 9.05. The summed E-state index contributed by atoms with van der Waals surface area (Å²) in [6.45, 7) is 9.26. The number of anilines is 2. The Morgan fingerprint density at radius 1 is 1.03 bits per heavy atom. The zero-order valence-corrected chi connectivity index (χ0v) is 19.0. The van der Waals surface area contributed by atoms with Crippen LogP contribution in [0.15, 0.2) is 36.4 Å². The molecule has 1 aliphatic rings. The molecule has 0 spiro atoms. The highest BCUT2D eigenvalue weighted by Crippen LogP contribution is 2.42.